The lowest BCUT2D eigenvalue weighted by atomic mass is 10.1. The number of nitrogens with zero attached hydrogens (tertiary/aromatic N) is 6. The molecule has 1 amide bonds. The Labute approximate surface area is 203 Å². The standard InChI is InChI=1S/C22H27N7O2.C3H8.H2/c1-4-19(30)29-11-9-28(10-12-29)18-14-24-15(2)20(25-18)22-27-26-21(31-22)17-7-5-16(6-8-17)13-23-3;1-3-2;/h5-8,14,23H,4,9-13H2,1-3H3;3H2,1-2H3;1H. The van der Waals surface area contributed by atoms with Crippen LogP contribution in [0.3, 0.4) is 0 Å². The first kappa shape index (κ1) is 25.3. The van der Waals surface area contributed by atoms with E-state index in [0.29, 0.717) is 37.0 Å². The number of benzene rings is 1. The van der Waals surface area contributed by atoms with Gasteiger partial charge in [0.2, 0.25) is 11.8 Å². The van der Waals surface area contributed by atoms with Crippen LogP contribution in [0.5, 0.6) is 0 Å². The molecule has 1 fully saturated rings. The Morgan fingerprint density at radius 2 is 1.71 bits per heavy atom. The minimum absolute atomic E-state index is 0. The maximum absolute atomic E-state index is 11.9. The third kappa shape index (κ3) is 6.17. The van der Waals surface area contributed by atoms with E-state index in [4.69, 9.17) is 9.40 Å². The second kappa shape index (κ2) is 12.2. The summed E-state index contributed by atoms with van der Waals surface area (Å²) in [6.07, 6.45) is 3.54. The molecule has 1 saturated heterocycles. The van der Waals surface area contributed by atoms with Gasteiger partial charge in [0.15, 0.2) is 5.69 Å². The van der Waals surface area contributed by atoms with E-state index in [2.05, 4.69) is 39.2 Å². The zero-order valence-electron chi connectivity index (χ0n) is 20.8. The minimum atomic E-state index is 0. The topological polar surface area (TPSA) is 100 Å². The van der Waals surface area contributed by atoms with Crippen molar-refractivity contribution in [2.24, 2.45) is 0 Å². The first-order chi connectivity index (χ1) is 16.5. The van der Waals surface area contributed by atoms with Crippen molar-refractivity contribution in [3.05, 3.63) is 41.7 Å². The fourth-order valence-electron chi connectivity index (χ4n) is 3.61. The normalized spacial score (nSPS) is 13.4. The van der Waals surface area contributed by atoms with E-state index < -0.39 is 0 Å². The number of aryl methyl sites for hydroxylation is 1. The number of carbonyl (C=O) groups is 1. The Morgan fingerprint density at radius 1 is 1.06 bits per heavy atom. The first-order valence-corrected chi connectivity index (χ1v) is 11.9. The summed E-state index contributed by atoms with van der Waals surface area (Å²) in [5.41, 5.74) is 3.34. The molecular formula is C25H37N7O2. The van der Waals surface area contributed by atoms with Crippen molar-refractivity contribution in [1.82, 2.24) is 30.4 Å². The fourth-order valence-corrected chi connectivity index (χ4v) is 3.61. The Kier molecular flexibility index (Phi) is 9.09. The highest BCUT2D eigenvalue weighted by Gasteiger charge is 2.23. The quantitative estimate of drug-likeness (QED) is 0.582. The molecule has 2 aromatic heterocycles. The van der Waals surface area contributed by atoms with E-state index in [1.165, 1.54) is 12.0 Å². The van der Waals surface area contributed by atoms with Crippen LogP contribution in [-0.4, -0.2) is 64.2 Å². The molecule has 3 heterocycles. The lowest BCUT2D eigenvalue weighted by molar-refractivity contribution is -0.131. The molecule has 34 heavy (non-hydrogen) atoms. The van der Waals surface area contributed by atoms with Gasteiger partial charge in [-0.15, -0.1) is 10.2 Å². The van der Waals surface area contributed by atoms with Crippen LogP contribution in [0.15, 0.2) is 34.9 Å². The summed E-state index contributed by atoms with van der Waals surface area (Å²) in [7, 11) is 1.92. The third-order valence-electron chi connectivity index (χ3n) is 5.41. The van der Waals surface area contributed by atoms with Gasteiger partial charge in [-0.25, -0.2) is 4.98 Å². The molecule has 1 aliphatic rings. The highest BCUT2D eigenvalue weighted by molar-refractivity contribution is 5.76. The molecule has 184 valence electrons. The second-order valence-electron chi connectivity index (χ2n) is 8.23. The molecular weight excluding hydrogens is 430 g/mol. The summed E-state index contributed by atoms with van der Waals surface area (Å²) in [5, 5.41) is 11.5. The van der Waals surface area contributed by atoms with E-state index in [1.54, 1.807) is 6.20 Å². The number of carbonyl (C=O) groups excluding carboxylic acids is 1. The van der Waals surface area contributed by atoms with Gasteiger partial charge in [0.05, 0.1) is 11.9 Å². The molecule has 1 N–H and O–H groups in total. The van der Waals surface area contributed by atoms with E-state index in [9.17, 15) is 4.79 Å². The van der Waals surface area contributed by atoms with Crippen LogP contribution in [0, 0.1) is 6.92 Å². The van der Waals surface area contributed by atoms with Gasteiger partial charge in [-0.3, -0.25) is 9.78 Å². The van der Waals surface area contributed by atoms with Crippen molar-refractivity contribution in [2.45, 2.75) is 47.1 Å². The van der Waals surface area contributed by atoms with Crippen molar-refractivity contribution in [1.29, 1.82) is 0 Å². The van der Waals surface area contributed by atoms with Crippen molar-refractivity contribution in [2.75, 3.05) is 38.1 Å². The molecule has 9 nitrogen and oxygen atoms in total. The van der Waals surface area contributed by atoms with Crippen molar-refractivity contribution in [3.63, 3.8) is 0 Å². The molecule has 9 heteroatoms. The number of amides is 1. The highest BCUT2D eigenvalue weighted by Crippen LogP contribution is 2.26. The largest absolute Gasteiger partial charge is 0.415 e. The monoisotopic (exact) mass is 467 g/mol. The van der Waals surface area contributed by atoms with Crippen LogP contribution >= 0.6 is 0 Å². The molecule has 0 radical (unpaired) electrons. The van der Waals surface area contributed by atoms with Gasteiger partial charge < -0.3 is 19.5 Å². The summed E-state index contributed by atoms with van der Waals surface area (Å²) in [6.45, 7) is 11.6. The first-order valence-electron chi connectivity index (χ1n) is 11.9. The molecule has 0 atom stereocenters. The SMILES string of the molecule is CCC.CCC(=O)N1CCN(c2cnc(C)c(-c3nnc(-c4ccc(CNC)cc4)o3)n2)CC1.[HH]. The Balaban J connectivity index is 0.00000103. The van der Waals surface area contributed by atoms with E-state index in [0.717, 1.165) is 36.7 Å². The predicted octanol–water partition coefficient (Wildman–Crippen LogP) is 3.94. The van der Waals surface area contributed by atoms with Gasteiger partial charge in [0.1, 0.15) is 5.82 Å². The lowest BCUT2D eigenvalue weighted by Crippen LogP contribution is -2.48. The molecule has 1 aromatic carbocycles. The second-order valence-corrected chi connectivity index (χ2v) is 8.23. The molecule has 0 bridgehead atoms. The Morgan fingerprint density at radius 3 is 2.32 bits per heavy atom. The zero-order chi connectivity index (χ0) is 24.5. The number of aromatic nitrogens is 4. The number of rotatable bonds is 6. The minimum Gasteiger partial charge on any atom is -0.415 e. The maximum atomic E-state index is 11.9. The Hall–Kier alpha value is -3.33. The van der Waals surface area contributed by atoms with E-state index in [1.807, 2.05) is 50.1 Å². The molecule has 1 aliphatic heterocycles. The van der Waals surface area contributed by atoms with Crippen LogP contribution in [0.2, 0.25) is 0 Å². The average Bonchev–Trinajstić information content (AvgIpc) is 3.35. The summed E-state index contributed by atoms with van der Waals surface area (Å²) in [4.78, 5) is 25.2. The number of piperazine rings is 1. The summed E-state index contributed by atoms with van der Waals surface area (Å²) in [5.74, 6) is 1.73. The van der Waals surface area contributed by atoms with Gasteiger partial charge in [-0.2, -0.15) is 0 Å². The molecule has 0 spiro atoms. The number of anilines is 1. The number of nitrogens with one attached hydrogen (secondary N) is 1. The Bertz CT molecular complexity index is 1060. The highest BCUT2D eigenvalue weighted by atomic mass is 16.4. The predicted molar refractivity (Wildman–Crippen MR) is 135 cm³/mol. The van der Waals surface area contributed by atoms with E-state index in [-0.39, 0.29) is 7.33 Å². The summed E-state index contributed by atoms with van der Waals surface area (Å²) in [6, 6.07) is 8.00. The smallest absolute Gasteiger partial charge is 0.268 e. The summed E-state index contributed by atoms with van der Waals surface area (Å²) < 4.78 is 5.93. The van der Waals surface area contributed by atoms with Gasteiger partial charge >= 0.3 is 0 Å². The van der Waals surface area contributed by atoms with Gasteiger partial charge in [-0.05, 0) is 31.7 Å². The third-order valence-corrected chi connectivity index (χ3v) is 5.41. The maximum Gasteiger partial charge on any atom is 0.268 e. The molecule has 0 unspecified atom stereocenters. The molecule has 0 aliphatic carbocycles. The van der Waals surface area contributed by atoms with Gasteiger partial charge in [0, 0.05) is 46.1 Å². The van der Waals surface area contributed by atoms with Crippen LogP contribution in [0.1, 0.15) is 46.3 Å². The van der Waals surface area contributed by atoms with Crippen LogP contribution < -0.4 is 10.2 Å². The van der Waals surface area contributed by atoms with Crippen molar-refractivity contribution >= 4 is 11.7 Å². The summed E-state index contributed by atoms with van der Waals surface area (Å²) >= 11 is 0. The molecule has 4 rings (SSSR count). The van der Waals surface area contributed by atoms with Crippen molar-refractivity contribution < 1.29 is 10.6 Å². The van der Waals surface area contributed by atoms with Gasteiger partial charge in [0.25, 0.3) is 5.89 Å². The lowest BCUT2D eigenvalue weighted by Gasteiger charge is -2.35. The van der Waals surface area contributed by atoms with E-state index >= 15 is 0 Å². The van der Waals surface area contributed by atoms with Crippen molar-refractivity contribution in [3.8, 4) is 23.0 Å². The zero-order valence-corrected chi connectivity index (χ0v) is 20.8. The van der Waals surface area contributed by atoms with Crippen LogP contribution in [0.4, 0.5) is 5.82 Å². The van der Waals surface area contributed by atoms with Gasteiger partial charge in [-0.1, -0.05) is 39.3 Å². The fraction of sp³-hybridized carbons (Fsp3) is 0.480. The number of hydrogen-bond acceptors (Lipinski definition) is 8. The molecule has 3 aromatic rings. The number of hydrogen-bond donors (Lipinski definition) is 1. The van der Waals surface area contributed by atoms with Crippen LogP contribution in [-0.2, 0) is 11.3 Å². The average molecular weight is 468 g/mol. The van der Waals surface area contributed by atoms with Crippen LogP contribution in [0.25, 0.3) is 23.0 Å². The molecule has 0 saturated carbocycles.